The molecule has 1 aliphatic rings. The van der Waals surface area contributed by atoms with Crippen molar-refractivity contribution >= 4 is 0 Å². The van der Waals surface area contributed by atoms with Crippen LogP contribution in [0.4, 0.5) is 0 Å². The number of likely N-dealkylation sites (N-methyl/N-ethyl adjacent to an activating group) is 1. The molecule has 0 spiro atoms. The number of hydrogen-bond acceptors (Lipinski definition) is 4. The zero-order valence-corrected chi connectivity index (χ0v) is 15.9. The van der Waals surface area contributed by atoms with Gasteiger partial charge in [0.25, 0.3) is 0 Å². The number of rotatable bonds is 4. The maximum atomic E-state index is 5.32. The molecule has 0 radical (unpaired) electrons. The summed E-state index contributed by atoms with van der Waals surface area (Å²) in [6.07, 6.45) is 0. The molecule has 1 saturated heterocycles. The molecule has 1 aliphatic heterocycles. The fourth-order valence-corrected chi connectivity index (χ4v) is 3.50. The number of nitrogens with one attached hydrogen (secondary N) is 2. The number of quaternary nitrogens is 2. The van der Waals surface area contributed by atoms with Crippen LogP contribution in [0.15, 0.2) is 24.3 Å². The summed E-state index contributed by atoms with van der Waals surface area (Å²) in [6.45, 7) is 11.0. The second-order valence-corrected chi connectivity index (χ2v) is 7.94. The highest BCUT2D eigenvalue weighted by Gasteiger charge is 2.36. The molecule has 3 rings (SSSR count). The topological polar surface area (TPSA) is 61.7 Å². The van der Waals surface area contributed by atoms with Gasteiger partial charge in [-0.15, -0.1) is 5.10 Å². The van der Waals surface area contributed by atoms with Crippen molar-refractivity contribution in [3.05, 3.63) is 35.7 Å². The average molecular weight is 346 g/mol. The Labute approximate surface area is 149 Å². The summed E-state index contributed by atoms with van der Waals surface area (Å²) in [6, 6.07) is 8.46. The van der Waals surface area contributed by atoms with Crippen molar-refractivity contribution in [2.75, 3.05) is 40.3 Å². The molecule has 2 N–H and O–H groups in total. The van der Waals surface area contributed by atoms with E-state index in [4.69, 9.17) is 4.74 Å². The predicted molar refractivity (Wildman–Crippen MR) is 95.0 cm³/mol. The van der Waals surface area contributed by atoms with Crippen molar-refractivity contribution in [2.24, 2.45) is 0 Å². The molecule has 1 atom stereocenters. The molecule has 1 aromatic carbocycles. The Morgan fingerprint density at radius 3 is 2.28 bits per heavy atom. The van der Waals surface area contributed by atoms with E-state index < -0.39 is 0 Å². The van der Waals surface area contributed by atoms with Crippen molar-refractivity contribution in [1.29, 1.82) is 0 Å². The first-order valence-electron chi connectivity index (χ1n) is 8.98. The molecule has 136 valence electrons. The van der Waals surface area contributed by atoms with E-state index in [0.29, 0.717) is 0 Å². The van der Waals surface area contributed by atoms with E-state index in [0.717, 1.165) is 24.7 Å². The van der Waals surface area contributed by atoms with E-state index in [9.17, 15) is 0 Å². The highest BCUT2D eigenvalue weighted by atomic mass is 16.5. The zero-order chi connectivity index (χ0) is 18.0. The Morgan fingerprint density at radius 2 is 1.72 bits per heavy atom. The van der Waals surface area contributed by atoms with Crippen LogP contribution in [0.3, 0.4) is 0 Å². The number of ether oxygens (including phenoxy) is 1. The number of methoxy groups -OCH3 is 1. The smallest absolute Gasteiger partial charge is 0.214 e. The van der Waals surface area contributed by atoms with E-state index in [1.54, 1.807) is 12.0 Å². The van der Waals surface area contributed by atoms with Crippen molar-refractivity contribution in [1.82, 2.24) is 20.2 Å². The summed E-state index contributed by atoms with van der Waals surface area (Å²) in [5.41, 5.74) is 1.08. The molecule has 1 aromatic heterocycles. The second-order valence-electron chi connectivity index (χ2n) is 7.94. The molecule has 0 amide bonds. The third-order valence-corrected chi connectivity index (χ3v) is 4.99. The summed E-state index contributed by atoms with van der Waals surface area (Å²) in [4.78, 5) is 3.11. The van der Waals surface area contributed by atoms with Gasteiger partial charge in [0.2, 0.25) is 5.82 Å². The number of hydrogen-bond donors (Lipinski definition) is 2. The minimum absolute atomic E-state index is 0.133. The molecular formula is C18H30N6O+2. The Morgan fingerprint density at radius 1 is 1.08 bits per heavy atom. The molecule has 1 fully saturated rings. The summed E-state index contributed by atoms with van der Waals surface area (Å²) in [7, 11) is 3.96. The summed E-state index contributed by atoms with van der Waals surface area (Å²) < 4.78 is 7.29. The molecule has 2 aromatic rings. The third kappa shape index (κ3) is 3.82. The fraction of sp³-hybridized carbons (Fsp3) is 0.611. The van der Waals surface area contributed by atoms with Gasteiger partial charge in [0.15, 0.2) is 6.04 Å². The van der Waals surface area contributed by atoms with Gasteiger partial charge in [0.1, 0.15) is 31.9 Å². The van der Waals surface area contributed by atoms with Crippen molar-refractivity contribution < 1.29 is 14.5 Å². The highest BCUT2D eigenvalue weighted by Crippen LogP contribution is 2.23. The van der Waals surface area contributed by atoms with Crippen LogP contribution in [0.1, 0.15) is 38.2 Å². The Hall–Kier alpha value is -1.99. The average Bonchev–Trinajstić information content (AvgIpc) is 3.07. The molecule has 0 aliphatic carbocycles. The van der Waals surface area contributed by atoms with E-state index in [2.05, 4.69) is 55.5 Å². The van der Waals surface area contributed by atoms with Gasteiger partial charge in [-0.3, -0.25) is 0 Å². The number of nitrogens with zero attached hydrogens (tertiary/aromatic N) is 4. The summed E-state index contributed by atoms with van der Waals surface area (Å²) in [5.74, 6) is 1.81. The van der Waals surface area contributed by atoms with Crippen molar-refractivity contribution in [3.8, 4) is 5.75 Å². The van der Waals surface area contributed by atoms with Crippen LogP contribution in [0.2, 0.25) is 0 Å². The minimum Gasteiger partial charge on any atom is -0.497 e. The van der Waals surface area contributed by atoms with E-state index in [1.165, 1.54) is 23.6 Å². The van der Waals surface area contributed by atoms with Gasteiger partial charge in [-0.05, 0) is 55.5 Å². The van der Waals surface area contributed by atoms with Crippen LogP contribution in [0, 0.1) is 0 Å². The molecule has 0 saturated carbocycles. The lowest BCUT2D eigenvalue weighted by Crippen LogP contribution is -3.27. The van der Waals surface area contributed by atoms with Gasteiger partial charge < -0.3 is 14.5 Å². The van der Waals surface area contributed by atoms with Crippen molar-refractivity contribution in [2.45, 2.75) is 32.4 Å². The lowest BCUT2D eigenvalue weighted by atomic mass is 10.0. The maximum Gasteiger partial charge on any atom is 0.214 e. The van der Waals surface area contributed by atoms with Crippen molar-refractivity contribution in [3.63, 3.8) is 0 Å². The number of benzene rings is 1. The normalized spacial score (nSPS) is 22.6. The Balaban J connectivity index is 2.01. The monoisotopic (exact) mass is 346 g/mol. The summed E-state index contributed by atoms with van der Waals surface area (Å²) in [5, 5.41) is 12.7. The van der Waals surface area contributed by atoms with Gasteiger partial charge in [0.05, 0.1) is 19.7 Å². The fourth-order valence-electron chi connectivity index (χ4n) is 3.50. The molecule has 0 bridgehead atoms. The second kappa shape index (κ2) is 7.09. The molecule has 0 unspecified atom stereocenters. The van der Waals surface area contributed by atoms with E-state index in [1.807, 2.05) is 16.8 Å². The zero-order valence-electron chi connectivity index (χ0n) is 15.9. The van der Waals surface area contributed by atoms with Crippen LogP contribution < -0.4 is 14.5 Å². The molecule has 7 nitrogen and oxygen atoms in total. The first-order valence-corrected chi connectivity index (χ1v) is 8.98. The number of tetrazole rings is 1. The number of piperazine rings is 1. The Kier molecular flexibility index (Phi) is 5.06. The molecule has 25 heavy (non-hydrogen) atoms. The van der Waals surface area contributed by atoms with Crippen LogP contribution in [0.5, 0.6) is 5.75 Å². The van der Waals surface area contributed by atoms with Gasteiger partial charge >= 0.3 is 0 Å². The molecular weight excluding hydrogens is 316 g/mol. The minimum atomic E-state index is -0.152. The quantitative estimate of drug-likeness (QED) is 0.741. The van der Waals surface area contributed by atoms with Crippen LogP contribution in [-0.2, 0) is 5.54 Å². The van der Waals surface area contributed by atoms with E-state index in [-0.39, 0.29) is 11.6 Å². The van der Waals surface area contributed by atoms with Crippen LogP contribution >= 0.6 is 0 Å². The standard InChI is InChI=1S/C18H28N6O/c1-18(2,3)24-17(19-20-21-24)16(23-12-10-22(4)11-13-23)14-6-8-15(25-5)9-7-14/h6-9,16H,10-13H2,1-5H3/p+2/t16-/m0/s1. The van der Waals surface area contributed by atoms with Gasteiger partial charge in [-0.1, -0.05) is 0 Å². The third-order valence-electron chi connectivity index (χ3n) is 4.99. The SMILES string of the molecule is COc1ccc([C@@H](c2nnnn2C(C)(C)C)[NH+]2CC[NH+](C)CC2)cc1. The largest absolute Gasteiger partial charge is 0.497 e. The number of aromatic nitrogens is 4. The molecule has 2 heterocycles. The highest BCUT2D eigenvalue weighted by molar-refractivity contribution is 5.30. The predicted octanol–water partition coefficient (Wildman–Crippen LogP) is -1.06. The lowest BCUT2D eigenvalue weighted by Gasteiger charge is -2.34. The van der Waals surface area contributed by atoms with Crippen LogP contribution in [-0.4, -0.2) is 60.5 Å². The summed E-state index contributed by atoms with van der Waals surface area (Å²) >= 11 is 0. The van der Waals surface area contributed by atoms with Crippen LogP contribution in [0.25, 0.3) is 0 Å². The van der Waals surface area contributed by atoms with Gasteiger partial charge in [-0.25, -0.2) is 4.68 Å². The van der Waals surface area contributed by atoms with Gasteiger partial charge in [-0.2, -0.15) is 0 Å². The Bertz CT molecular complexity index is 682. The van der Waals surface area contributed by atoms with E-state index >= 15 is 0 Å². The molecule has 7 heteroatoms. The first-order chi connectivity index (χ1) is 11.9. The lowest BCUT2D eigenvalue weighted by molar-refractivity contribution is -1.02. The maximum absolute atomic E-state index is 5.32. The van der Waals surface area contributed by atoms with Gasteiger partial charge in [0, 0.05) is 5.56 Å². The first kappa shape index (κ1) is 17.8.